The second-order valence-electron chi connectivity index (χ2n) is 4.05. The molecular weight excluding hydrogens is 284 g/mol. The van der Waals surface area contributed by atoms with Gasteiger partial charge in [0.2, 0.25) is 0 Å². The molecule has 0 unspecified atom stereocenters. The van der Waals surface area contributed by atoms with Gasteiger partial charge in [-0.2, -0.15) is 17.0 Å². The number of nitrogens with zero attached hydrogens (tertiary/aromatic N) is 1. The summed E-state index contributed by atoms with van der Waals surface area (Å²) >= 11 is 5.42. The molecule has 1 aromatic carbocycles. The Balaban J connectivity index is 2.02. The van der Waals surface area contributed by atoms with Gasteiger partial charge in [0.1, 0.15) is 0 Å². The zero-order valence-electron chi connectivity index (χ0n) is 9.09. The van der Waals surface area contributed by atoms with Gasteiger partial charge in [0, 0.05) is 21.5 Å². The van der Waals surface area contributed by atoms with Crippen LogP contribution in [0.15, 0.2) is 22.7 Å². The molecule has 0 amide bonds. The summed E-state index contributed by atoms with van der Waals surface area (Å²) in [5.41, 5.74) is 1.75. The van der Waals surface area contributed by atoms with Crippen molar-refractivity contribution in [2.45, 2.75) is 17.6 Å². The zero-order valence-corrected chi connectivity index (χ0v) is 11.5. The van der Waals surface area contributed by atoms with E-state index >= 15 is 0 Å². The van der Waals surface area contributed by atoms with Crippen LogP contribution in [0.5, 0.6) is 0 Å². The molecule has 0 saturated heterocycles. The average Bonchev–Trinajstić information content (AvgIpc) is 3.08. The standard InChI is InChI=1S/C12H13BrN2S/c1-16-12(4-5-12)8-15-11-3-2-9(7-14)6-10(11)13/h2-3,6,15H,4-5,8H2,1H3. The highest BCUT2D eigenvalue weighted by atomic mass is 79.9. The Labute approximate surface area is 109 Å². The molecule has 1 fully saturated rings. The van der Waals surface area contributed by atoms with Crippen LogP contribution in [0.4, 0.5) is 5.69 Å². The third-order valence-corrected chi connectivity index (χ3v) is 5.01. The first kappa shape index (κ1) is 11.8. The molecule has 2 rings (SSSR count). The minimum Gasteiger partial charge on any atom is -0.383 e. The predicted molar refractivity (Wildman–Crippen MR) is 72.8 cm³/mol. The number of benzene rings is 1. The van der Waals surface area contributed by atoms with Crippen LogP contribution in [0.2, 0.25) is 0 Å². The number of rotatable bonds is 4. The summed E-state index contributed by atoms with van der Waals surface area (Å²) in [7, 11) is 0. The number of halogens is 1. The van der Waals surface area contributed by atoms with E-state index in [4.69, 9.17) is 5.26 Å². The molecule has 1 aliphatic rings. The maximum atomic E-state index is 8.77. The summed E-state index contributed by atoms with van der Waals surface area (Å²) in [6, 6.07) is 7.77. The number of nitrogens with one attached hydrogen (secondary N) is 1. The van der Waals surface area contributed by atoms with Gasteiger partial charge in [-0.3, -0.25) is 0 Å². The highest BCUT2D eigenvalue weighted by Gasteiger charge is 2.41. The van der Waals surface area contributed by atoms with E-state index in [1.807, 2.05) is 30.0 Å². The Morgan fingerprint density at radius 2 is 2.31 bits per heavy atom. The summed E-state index contributed by atoms with van der Waals surface area (Å²) in [6.45, 7) is 0.999. The third-order valence-electron chi connectivity index (χ3n) is 2.94. The molecule has 0 spiro atoms. The van der Waals surface area contributed by atoms with Crippen LogP contribution in [0.3, 0.4) is 0 Å². The molecule has 0 radical (unpaired) electrons. The smallest absolute Gasteiger partial charge is 0.0992 e. The molecule has 1 aliphatic carbocycles. The number of nitriles is 1. The first-order valence-electron chi connectivity index (χ1n) is 5.18. The molecule has 1 N–H and O–H groups in total. The molecule has 16 heavy (non-hydrogen) atoms. The normalized spacial score (nSPS) is 16.6. The lowest BCUT2D eigenvalue weighted by Crippen LogP contribution is -2.17. The molecule has 0 aromatic heterocycles. The molecule has 1 saturated carbocycles. The first-order valence-corrected chi connectivity index (χ1v) is 7.19. The lowest BCUT2D eigenvalue weighted by Gasteiger charge is -2.15. The van der Waals surface area contributed by atoms with Crippen molar-refractivity contribution in [3.63, 3.8) is 0 Å². The summed E-state index contributed by atoms with van der Waals surface area (Å²) in [6.07, 6.45) is 4.77. The van der Waals surface area contributed by atoms with Gasteiger partial charge in [-0.1, -0.05) is 0 Å². The Hall–Kier alpha value is -0.660. The van der Waals surface area contributed by atoms with Gasteiger partial charge >= 0.3 is 0 Å². The van der Waals surface area contributed by atoms with E-state index in [-0.39, 0.29) is 0 Å². The third kappa shape index (κ3) is 2.53. The van der Waals surface area contributed by atoms with Gasteiger partial charge in [-0.25, -0.2) is 0 Å². The Morgan fingerprint density at radius 3 is 2.81 bits per heavy atom. The van der Waals surface area contributed by atoms with Gasteiger partial charge in [0.15, 0.2) is 0 Å². The van der Waals surface area contributed by atoms with E-state index in [0.717, 1.165) is 16.7 Å². The predicted octanol–water partition coefficient (Wildman–Crippen LogP) is 3.63. The van der Waals surface area contributed by atoms with E-state index in [1.165, 1.54) is 12.8 Å². The van der Waals surface area contributed by atoms with Gasteiger partial charge in [-0.15, -0.1) is 0 Å². The Bertz CT molecular complexity index is 435. The molecular formula is C12H13BrN2S. The summed E-state index contributed by atoms with van der Waals surface area (Å²) in [4.78, 5) is 0. The van der Waals surface area contributed by atoms with E-state index in [2.05, 4.69) is 33.6 Å². The van der Waals surface area contributed by atoms with Gasteiger partial charge < -0.3 is 5.32 Å². The molecule has 84 valence electrons. The molecule has 1 aromatic rings. The first-order chi connectivity index (χ1) is 7.69. The van der Waals surface area contributed by atoms with Crippen molar-refractivity contribution in [3.05, 3.63) is 28.2 Å². The van der Waals surface area contributed by atoms with Gasteiger partial charge in [-0.05, 0) is 53.2 Å². The van der Waals surface area contributed by atoms with Crippen molar-refractivity contribution in [2.24, 2.45) is 0 Å². The minimum atomic E-state index is 0.452. The van der Waals surface area contributed by atoms with Crippen molar-refractivity contribution >= 4 is 33.4 Å². The van der Waals surface area contributed by atoms with Crippen molar-refractivity contribution in [3.8, 4) is 6.07 Å². The van der Waals surface area contributed by atoms with Crippen molar-refractivity contribution in [1.82, 2.24) is 0 Å². The van der Waals surface area contributed by atoms with Crippen molar-refractivity contribution < 1.29 is 0 Å². The van der Waals surface area contributed by atoms with Crippen LogP contribution in [0.25, 0.3) is 0 Å². The molecule has 0 atom stereocenters. The van der Waals surface area contributed by atoms with E-state index in [1.54, 1.807) is 0 Å². The van der Waals surface area contributed by atoms with E-state index < -0.39 is 0 Å². The highest BCUT2D eigenvalue weighted by molar-refractivity contribution is 9.10. The molecule has 2 nitrogen and oxygen atoms in total. The Kier molecular flexibility index (Phi) is 3.46. The maximum Gasteiger partial charge on any atom is 0.0992 e. The lowest BCUT2D eigenvalue weighted by molar-refractivity contribution is 0.948. The zero-order chi connectivity index (χ0) is 11.6. The monoisotopic (exact) mass is 296 g/mol. The van der Waals surface area contributed by atoms with Crippen molar-refractivity contribution in [2.75, 3.05) is 18.1 Å². The topological polar surface area (TPSA) is 35.8 Å². The van der Waals surface area contributed by atoms with Crippen LogP contribution in [0.1, 0.15) is 18.4 Å². The molecule has 0 aliphatic heterocycles. The fourth-order valence-corrected chi connectivity index (χ4v) is 2.82. The highest BCUT2D eigenvalue weighted by Crippen LogP contribution is 2.47. The second-order valence-corrected chi connectivity index (χ2v) is 6.18. The number of hydrogen-bond donors (Lipinski definition) is 1. The van der Waals surface area contributed by atoms with Crippen molar-refractivity contribution in [1.29, 1.82) is 5.26 Å². The van der Waals surface area contributed by atoms with Gasteiger partial charge in [0.25, 0.3) is 0 Å². The summed E-state index contributed by atoms with van der Waals surface area (Å²) in [5.74, 6) is 0. The maximum absolute atomic E-state index is 8.77. The van der Waals surface area contributed by atoms with E-state index in [9.17, 15) is 0 Å². The number of hydrogen-bond acceptors (Lipinski definition) is 3. The van der Waals surface area contributed by atoms with E-state index in [0.29, 0.717) is 10.3 Å². The quantitative estimate of drug-likeness (QED) is 0.922. The van der Waals surface area contributed by atoms with Crippen LogP contribution in [-0.2, 0) is 0 Å². The SMILES string of the molecule is CSC1(CNc2ccc(C#N)cc2Br)CC1. The Morgan fingerprint density at radius 1 is 1.56 bits per heavy atom. The number of anilines is 1. The minimum absolute atomic E-state index is 0.452. The molecule has 4 heteroatoms. The summed E-state index contributed by atoms with van der Waals surface area (Å²) < 4.78 is 1.41. The average molecular weight is 297 g/mol. The van der Waals surface area contributed by atoms with Crippen LogP contribution >= 0.6 is 27.7 Å². The van der Waals surface area contributed by atoms with Crippen LogP contribution in [-0.4, -0.2) is 17.5 Å². The van der Waals surface area contributed by atoms with Crippen LogP contribution < -0.4 is 5.32 Å². The summed E-state index contributed by atoms with van der Waals surface area (Å²) in [5, 5.41) is 12.2. The molecule has 0 heterocycles. The number of thioether (sulfide) groups is 1. The lowest BCUT2D eigenvalue weighted by atomic mass is 10.2. The van der Waals surface area contributed by atoms with Crippen LogP contribution in [0, 0.1) is 11.3 Å². The fourth-order valence-electron chi connectivity index (χ4n) is 1.58. The largest absolute Gasteiger partial charge is 0.383 e. The van der Waals surface area contributed by atoms with Gasteiger partial charge in [0.05, 0.1) is 11.6 Å². The fraction of sp³-hybridized carbons (Fsp3) is 0.417. The molecule has 0 bridgehead atoms. The second kappa shape index (κ2) is 4.68.